The Morgan fingerprint density at radius 3 is 3.09 bits per heavy atom. The Balaban J connectivity index is 1.82. The molecule has 10 heteroatoms. The lowest BCUT2D eigenvalue weighted by Crippen LogP contribution is -2.25. The number of hydrogen-bond acceptors (Lipinski definition) is 6. The number of hydrogen-bond donors (Lipinski definition) is 0. The van der Waals surface area contributed by atoms with E-state index in [-0.39, 0.29) is 24.5 Å². The first-order valence-corrected chi connectivity index (χ1v) is 6.24. The molecule has 9 nitrogen and oxygen atoms in total. The molecule has 0 aliphatic carbocycles. The lowest BCUT2D eigenvalue weighted by Gasteiger charge is -2.13. The molecule has 0 radical (unpaired) electrons. The van der Waals surface area contributed by atoms with Crippen LogP contribution in [0.4, 0.5) is 14.9 Å². The SMILES string of the molecule is [N-]=[N+]=NCC1CN(c2ccc(-c3ncon3)c(F)c2)C(=O)O1. The lowest BCUT2D eigenvalue weighted by molar-refractivity contribution is 0.145. The van der Waals surface area contributed by atoms with Gasteiger partial charge in [0.25, 0.3) is 0 Å². The summed E-state index contributed by atoms with van der Waals surface area (Å²) in [6, 6.07) is 4.18. The topological polar surface area (TPSA) is 117 Å². The van der Waals surface area contributed by atoms with Crippen LogP contribution in [-0.4, -0.2) is 35.4 Å². The van der Waals surface area contributed by atoms with Crippen molar-refractivity contribution in [2.45, 2.75) is 6.10 Å². The molecule has 1 saturated heterocycles. The molecule has 1 aliphatic rings. The second-order valence-electron chi connectivity index (χ2n) is 4.45. The summed E-state index contributed by atoms with van der Waals surface area (Å²) in [6.45, 7) is 0.209. The summed E-state index contributed by atoms with van der Waals surface area (Å²) in [6.07, 6.45) is -0.0749. The molecule has 1 atom stereocenters. The number of carbonyl (C=O) groups excluding carboxylic acids is 1. The summed E-state index contributed by atoms with van der Waals surface area (Å²) >= 11 is 0. The van der Waals surface area contributed by atoms with E-state index in [0.29, 0.717) is 5.69 Å². The smallest absolute Gasteiger partial charge is 0.414 e. The Kier molecular flexibility index (Phi) is 3.58. The van der Waals surface area contributed by atoms with Crippen LogP contribution in [-0.2, 0) is 4.74 Å². The summed E-state index contributed by atoms with van der Waals surface area (Å²) in [4.78, 5) is 19.4. The molecule has 0 saturated carbocycles. The quantitative estimate of drug-likeness (QED) is 0.488. The standard InChI is InChI=1S/C12H9FN6O3/c13-10-3-7(1-2-9(10)11-15-6-21-17-11)19-5-8(4-16-18-14)22-12(19)20/h1-3,6,8H,4-5H2. The van der Waals surface area contributed by atoms with Crippen molar-refractivity contribution in [2.75, 3.05) is 18.0 Å². The number of halogens is 1. The number of nitrogens with zero attached hydrogens (tertiary/aromatic N) is 6. The van der Waals surface area contributed by atoms with Gasteiger partial charge in [-0.3, -0.25) is 4.90 Å². The summed E-state index contributed by atoms with van der Waals surface area (Å²) in [7, 11) is 0. The first-order chi connectivity index (χ1) is 10.7. The van der Waals surface area contributed by atoms with Crippen LogP contribution in [0.1, 0.15) is 0 Å². The van der Waals surface area contributed by atoms with Crippen molar-refractivity contribution in [2.24, 2.45) is 5.11 Å². The van der Waals surface area contributed by atoms with Gasteiger partial charge in [0.2, 0.25) is 12.2 Å². The Morgan fingerprint density at radius 2 is 2.41 bits per heavy atom. The Labute approximate surface area is 122 Å². The van der Waals surface area contributed by atoms with Crippen molar-refractivity contribution < 1.29 is 18.4 Å². The van der Waals surface area contributed by atoms with Gasteiger partial charge in [0.15, 0.2) is 0 Å². The van der Waals surface area contributed by atoms with Crippen molar-refractivity contribution in [3.63, 3.8) is 0 Å². The maximum absolute atomic E-state index is 14.1. The number of amides is 1. The molecule has 1 unspecified atom stereocenters. The summed E-state index contributed by atoms with van der Waals surface area (Å²) in [5, 5.41) is 6.91. The van der Waals surface area contributed by atoms with Gasteiger partial charge in [-0.25, -0.2) is 9.18 Å². The number of cyclic esters (lactones) is 1. The van der Waals surface area contributed by atoms with E-state index in [2.05, 4.69) is 24.7 Å². The zero-order valence-corrected chi connectivity index (χ0v) is 11.1. The average Bonchev–Trinajstić information content (AvgIpc) is 3.14. The van der Waals surface area contributed by atoms with Gasteiger partial charge in [0.05, 0.1) is 24.3 Å². The Bertz CT molecular complexity index is 743. The fourth-order valence-corrected chi connectivity index (χ4v) is 2.10. The molecule has 0 N–H and O–H groups in total. The van der Waals surface area contributed by atoms with Crippen LogP contribution in [0.3, 0.4) is 0 Å². The highest BCUT2D eigenvalue weighted by atomic mass is 19.1. The van der Waals surface area contributed by atoms with Crippen LogP contribution in [0.5, 0.6) is 0 Å². The molecule has 2 heterocycles. The highest BCUT2D eigenvalue weighted by molar-refractivity contribution is 5.90. The molecule has 1 aromatic heterocycles. The van der Waals surface area contributed by atoms with Gasteiger partial charge >= 0.3 is 6.09 Å². The number of aromatic nitrogens is 2. The second-order valence-corrected chi connectivity index (χ2v) is 4.45. The maximum atomic E-state index is 14.1. The molecule has 112 valence electrons. The van der Waals surface area contributed by atoms with E-state index in [4.69, 9.17) is 10.3 Å². The minimum absolute atomic E-state index is 0.0299. The molecular weight excluding hydrogens is 295 g/mol. The van der Waals surface area contributed by atoms with E-state index in [1.807, 2.05) is 0 Å². The molecule has 1 aliphatic heterocycles. The van der Waals surface area contributed by atoms with Gasteiger partial charge in [-0.15, -0.1) is 0 Å². The third kappa shape index (κ3) is 2.54. The number of benzene rings is 1. The van der Waals surface area contributed by atoms with Crippen molar-refractivity contribution in [1.82, 2.24) is 10.1 Å². The van der Waals surface area contributed by atoms with E-state index < -0.39 is 18.0 Å². The zero-order chi connectivity index (χ0) is 15.5. The molecular formula is C12H9FN6O3. The van der Waals surface area contributed by atoms with E-state index in [1.54, 1.807) is 6.07 Å². The van der Waals surface area contributed by atoms with Gasteiger partial charge in [0.1, 0.15) is 11.9 Å². The molecule has 1 fully saturated rings. The van der Waals surface area contributed by atoms with Gasteiger partial charge in [-0.2, -0.15) is 4.98 Å². The number of anilines is 1. The van der Waals surface area contributed by atoms with Crippen LogP contribution in [0.15, 0.2) is 34.2 Å². The highest BCUT2D eigenvalue weighted by Gasteiger charge is 2.32. The third-order valence-electron chi connectivity index (χ3n) is 3.09. The fourth-order valence-electron chi connectivity index (χ4n) is 2.10. The predicted octanol–water partition coefficient (Wildman–Crippen LogP) is 2.51. The van der Waals surface area contributed by atoms with E-state index in [9.17, 15) is 9.18 Å². The average molecular weight is 304 g/mol. The third-order valence-corrected chi connectivity index (χ3v) is 3.09. The largest absolute Gasteiger partial charge is 0.444 e. The second kappa shape index (κ2) is 5.70. The van der Waals surface area contributed by atoms with Gasteiger partial charge < -0.3 is 9.26 Å². The molecule has 22 heavy (non-hydrogen) atoms. The first kappa shape index (κ1) is 13.8. The number of rotatable bonds is 4. The number of azide groups is 1. The molecule has 1 aromatic carbocycles. The highest BCUT2D eigenvalue weighted by Crippen LogP contribution is 2.27. The minimum Gasteiger partial charge on any atom is -0.444 e. The maximum Gasteiger partial charge on any atom is 0.414 e. The lowest BCUT2D eigenvalue weighted by atomic mass is 10.1. The van der Waals surface area contributed by atoms with Gasteiger partial charge in [-0.1, -0.05) is 10.3 Å². The predicted molar refractivity (Wildman–Crippen MR) is 71.3 cm³/mol. The number of ether oxygens (including phenoxy) is 1. The molecule has 2 aromatic rings. The van der Waals surface area contributed by atoms with Crippen LogP contribution >= 0.6 is 0 Å². The minimum atomic E-state index is -0.621. The Hall–Kier alpha value is -3.13. The van der Waals surface area contributed by atoms with Crippen molar-refractivity contribution >= 4 is 11.8 Å². The van der Waals surface area contributed by atoms with Crippen molar-refractivity contribution in [3.8, 4) is 11.4 Å². The summed E-state index contributed by atoms with van der Waals surface area (Å²) in [5.41, 5.74) is 8.76. The first-order valence-electron chi connectivity index (χ1n) is 6.24. The van der Waals surface area contributed by atoms with Crippen LogP contribution in [0, 0.1) is 5.82 Å². The van der Waals surface area contributed by atoms with Crippen LogP contribution in [0.25, 0.3) is 21.8 Å². The van der Waals surface area contributed by atoms with Gasteiger partial charge in [-0.05, 0) is 23.7 Å². The zero-order valence-electron chi connectivity index (χ0n) is 11.1. The Morgan fingerprint density at radius 1 is 1.55 bits per heavy atom. The molecule has 3 rings (SSSR count). The normalized spacial score (nSPS) is 17.2. The van der Waals surface area contributed by atoms with Crippen LogP contribution in [0.2, 0.25) is 0 Å². The summed E-state index contributed by atoms with van der Waals surface area (Å²) < 4.78 is 23.7. The van der Waals surface area contributed by atoms with E-state index in [0.717, 1.165) is 6.39 Å². The summed E-state index contributed by atoms with van der Waals surface area (Å²) in [5.74, 6) is -0.473. The molecule has 1 amide bonds. The monoisotopic (exact) mass is 304 g/mol. The van der Waals surface area contributed by atoms with Crippen LogP contribution < -0.4 is 4.90 Å². The molecule has 0 bridgehead atoms. The van der Waals surface area contributed by atoms with E-state index >= 15 is 0 Å². The van der Waals surface area contributed by atoms with E-state index in [1.165, 1.54) is 17.0 Å². The van der Waals surface area contributed by atoms with Crippen molar-refractivity contribution in [3.05, 3.63) is 40.9 Å². The fraction of sp³-hybridized carbons (Fsp3) is 0.250. The number of carbonyl (C=O) groups is 1. The van der Waals surface area contributed by atoms with Gasteiger partial charge in [0, 0.05) is 4.91 Å². The van der Waals surface area contributed by atoms with Crippen molar-refractivity contribution in [1.29, 1.82) is 0 Å². The molecule has 0 spiro atoms.